The van der Waals surface area contributed by atoms with Gasteiger partial charge in [0.25, 0.3) is 0 Å². The van der Waals surface area contributed by atoms with E-state index in [4.69, 9.17) is 9.47 Å². The van der Waals surface area contributed by atoms with E-state index in [9.17, 15) is 0 Å². The molecule has 0 saturated heterocycles. The van der Waals surface area contributed by atoms with Gasteiger partial charge in [-0.1, -0.05) is 39.0 Å². The van der Waals surface area contributed by atoms with E-state index in [1.54, 1.807) is 0 Å². The number of ether oxygens (including phenoxy) is 2. The van der Waals surface area contributed by atoms with E-state index < -0.39 is 0 Å². The standard InChI is InChI=1S/C21H29NO2/c1-6-23-20-9-7-8-18(14-20)22-15-16(2)24-19-12-10-17(11-13-19)21(3,4)5/h7-14,16,22H,6,15H2,1-5H3. The minimum atomic E-state index is 0.0706. The van der Waals surface area contributed by atoms with E-state index in [0.29, 0.717) is 6.61 Å². The summed E-state index contributed by atoms with van der Waals surface area (Å²) in [6, 6.07) is 16.4. The third kappa shape index (κ3) is 5.48. The van der Waals surface area contributed by atoms with Crippen molar-refractivity contribution in [2.24, 2.45) is 0 Å². The van der Waals surface area contributed by atoms with Crippen LogP contribution in [0.3, 0.4) is 0 Å². The van der Waals surface area contributed by atoms with Crippen LogP contribution < -0.4 is 14.8 Å². The van der Waals surface area contributed by atoms with Crippen molar-refractivity contribution in [3.63, 3.8) is 0 Å². The van der Waals surface area contributed by atoms with Crippen LogP contribution in [0.5, 0.6) is 11.5 Å². The van der Waals surface area contributed by atoms with E-state index in [2.05, 4.69) is 45.1 Å². The highest BCUT2D eigenvalue weighted by molar-refractivity contribution is 5.48. The number of benzene rings is 2. The fourth-order valence-electron chi connectivity index (χ4n) is 2.43. The molecule has 0 heterocycles. The van der Waals surface area contributed by atoms with Gasteiger partial charge in [-0.25, -0.2) is 0 Å². The summed E-state index contributed by atoms with van der Waals surface area (Å²) < 4.78 is 11.5. The number of rotatable bonds is 7. The molecule has 0 spiro atoms. The second kappa shape index (κ2) is 8.09. The van der Waals surface area contributed by atoms with Gasteiger partial charge in [0.2, 0.25) is 0 Å². The first-order valence-corrected chi connectivity index (χ1v) is 8.62. The fourth-order valence-corrected chi connectivity index (χ4v) is 2.43. The van der Waals surface area contributed by atoms with Crippen LogP contribution in [0.25, 0.3) is 0 Å². The zero-order chi connectivity index (χ0) is 17.6. The minimum Gasteiger partial charge on any atom is -0.494 e. The third-order valence-corrected chi connectivity index (χ3v) is 3.80. The summed E-state index contributed by atoms with van der Waals surface area (Å²) in [5.74, 6) is 1.79. The predicted octanol–water partition coefficient (Wildman–Crippen LogP) is 5.26. The zero-order valence-corrected chi connectivity index (χ0v) is 15.4. The summed E-state index contributed by atoms with van der Waals surface area (Å²) in [5.41, 5.74) is 2.52. The van der Waals surface area contributed by atoms with Gasteiger partial charge in [-0.15, -0.1) is 0 Å². The maximum atomic E-state index is 5.99. The van der Waals surface area contributed by atoms with Gasteiger partial charge in [0.1, 0.15) is 17.6 Å². The first-order valence-electron chi connectivity index (χ1n) is 8.62. The highest BCUT2D eigenvalue weighted by Gasteiger charge is 2.13. The van der Waals surface area contributed by atoms with Crippen molar-refractivity contribution in [1.82, 2.24) is 0 Å². The average molecular weight is 327 g/mol. The van der Waals surface area contributed by atoms with Crippen molar-refractivity contribution in [2.45, 2.75) is 46.1 Å². The van der Waals surface area contributed by atoms with Crippen LogP contribution in [-0.4, -0.2) is 19.3 Å². The van der Waals surface area contributed by atoms with Crippen LogP contribution in [0.2, 0.25) is 0 Å². The van der Waals surface area contributed by atoms with Crippen LogP contribution >= 0.6 is 0 Å². The Labute approximate surface area is 146 Å². The van der Waals surface area contributed by atoms with E-state index in [1.807, 2.05) is 43.3 Å². The van der Waals surface area contributed by atoms with Gasteiger partial charge in [-0.05, 0) is 49.1 Å². The molecule has 1 atom stereocenters. The van der Waals surface area contributed by atoms with E-state index in [-0.39, 0.29) is 11.5 Å². The molecule has 0 fully saturated rings. The highest BCUT2D eigenvalue weighted by atomic mass is 16.5. The molecule has 1 N–H and O–H groups in total. The lowest BCUT2D eigenvalue weighted by atomic mass is 9.87. The number of anilines is 1. The number of hydrogen-bond acceptors (Lipinski definition) is 3. The molecule has 2 aromatic rings. The Morgan fingerprint density at radius 1 is 1.00 bits per heavy atom. The fraction of sp³-hybridized carbons (Fsp3) is 0.429. The molecule has 2 aromatic carbocycles. The van der Waals surface area contributed by atoms with Crippen LogP contribution in [0, 0.1) is 0 Å². The van der Waals surface area contributed by atoms with Crippen LogP contribution in [0.4, 0.5) is 5.69 Å². The minimum absolute atomic E-state index is 0.0706. The molecule has 130 valence electrons. The molecular formula is C21H29NO2. The van der Waals surface area contributed by atoms with Crippen molar-refractivity contribution in [2.75, 3.05) is 18.5 Å². The van der Waals surface area contributed by atoms with E-state index in [0.717, 1.165) is 23.7 Å². The molecule has 0 aliphatic heterocycles. The Hall–Kier alpha value is -2.16. The second-order valence-corrected chi connectivity index (χ2v) is 7.04. The third-order valence-electron chi connectivity index (χ3n) is 3.80. The first kappa shape index (κ1) is 18.2. The van der Waals surface area contributed by atoms with Crippen LogP contribution in [0.1, 0.15) is 40.2 Å². The molecule has 0 aromatic heterocycles. The lowest BCUT2D eigenvalue weighted by Gasteiger charge is -2.20. The maximum Gasteiger partial charge on any atom is 0.121 e. The summed E-state index contributed by atoms with van der Waals surface area (Å²) in [5, 5.41) is 3.39. The number of hydrogen-bond donors (Lipinski definition) is 1. The first-order chi connectivity index (χ1) is 11.4. The normalized spacial score (nSPS) is 12.5. The highest BCUT2D eigenvalue weighted by Crippen LogP contribution is 2.24. The maximum absolute atomic E-state index is 5.99. The Balaban J connectivity index is 1.87. The lowest BCUT2D eigenvalue weighted by Crippen LogP contribution is -2.22. The molecule has 0 bridgehead atoms. The molecule has 3 nitrogen and oxygen atoms in total. The molecule has 1 unspecified atom stereocenters. The van der Waals surface area contributed by atoms with Crippen LogP contribution in [-0.2, 0) is 5.41 Å². The van der Waals surface area contributed by atoms with E-state index >= 15 is 0 Å². The predicted molar refractivity (Wildman–Crippen MR) is 101 cm³/mol. The quantitative estimate of drug-likeness (QED) is 0.752. The topological polar surface area (TPSA) is 30.5 Å². The average Bonchev–Trinajstić information content (AvgIpc) is 2.53. The monoisotopic (exact) mass is 327 g/mol. The molecule has 0 radical (unpaired) electrons. The van der Waals surface area contributed by atoms with E-state index in [1.165, 1.54) is 5.56 Å². The Kier molecular flexibility index (Phi) is 6.13. The Morgan fingerprint density at radius 2 is 1.71 bits per heavy atom. The van der Waals surface area contributed by atoms with Gasteiger partial charge in [0.15, 0.2) is 0 Å². The molecular weight excluding hydrogens is 298 g/mol. The Morgan fingerprint density at radius 3 is 2.33 bits per heavy atom. The van der Waals surface area contributed by atoms with Crippen molar-refractivity contribution in [1.29, 1.82) is 0 Å². The van der Waals surface area contributed by atoms with Gasteiger partial charge in [0.05, 0.1) is 13.2 Å². The molecule has 0 aliphatic carbocycles. The van der Waals surface area contributed by atoms with Gasteiger partial charge >= 0.3 is 0 Å². The smallest absolute Gasteiger partial charge is 0.121 e. The van der Waals surface area contributed by atoms with Gasteiger partial charge in [-0.3, -0.25) is 0 Å². The summed E-state index contributed by atoms with van der Waals surface area (Å²) in [6.45, 7) is 12.1. The Bertz CT molecular complexity index is 629. The summed E-state index contributed by atoms with van der Waals surface area (Å²) in [6.07, 6.45) is 0.0706. The van der Waals surface area contributed by atoms with Gasteiger partial charge in [0, 0.05) is 11.8 Å². The largest absolute Gasteiger partial charge is 0.494 e. The number of nitrogens with one attached hydrogen (secondary N) is 1. The summed E-state index contributed by atoms with van der Waals surface area (Å²) in [7, 11) is 0. The molecule has 3 heteroatoms. The second-order valence-electron chi connectivity index (χ2n) is 7.04. The molecule has 0 amide bonds. The lowest BCUT2D eigenvalue weighted by molar-refractivity contribution is 0.234. The van der Waals surface area contributed by atoms with Crippen molar-refractivity contribution in [3.8, 4) is 11.5 Å². The van der Waals surface area contributed by atoms with Crippen molar-refractivity contribution < 1.29 is 9.47 Å². The molecule has 2 rings (SSSR count). The summed E-state index contributed by atoms with van der Waals surface area (Å²) in [4.78, 5) is 0. The van der Waals surface area contributed by atoms with Gasteiger partial charge < -0.3 is 14.8 Å². The van der Waals surface area contributed by atoms with Gasteiger partial charge in [-0.2, -0.15) is 0 Å². The van der Waals surface area contributed by atoms with Crippen molar-refractivity contribution in [3.05, 3.63) is 54.1 Å². The summed E-state index contributed by atoms with van der Waals surface area (Å²) >= 11 is 0. The molecule has 0 aliphatic rings. The SMILES string of the molecule is CCOc1cccc(NCC(C)Oc2ccc(C(C)(C)C)cc2)c1. The molecule has 0 saturated carbocycles. The molecule has 24 heavy (non-hydrogen) atoms. The van der Waals surface area contributed by atoms with Crippen LogP contribution in [0.15, 0.2) is 48.5 Å². The zero-order valence-electron chi connectivity index (χ0n) is 15.4. The van der Waals surface area contributed by atoms with Crippen molar-refractivity contribution >= 4 is 5.69 Å².